The molecule has 0 aliphatic heterocycles. The highest BCUT2D eigenvalue weighted by molar-refractivity contribution is 7.17. The second-order valence-electron chi connectivity index (χ2n) is 5.06. The standard InChI is InChI=1S/C17H19FN2OS/c1-3-4-5-12(2)19-20-17(21)16-11-10-15(22-16)13-6-8-14(18)9-7-13/h6-11H,3-5H2,1-2H3,(H,20,21)/b19-12-. The Morgan fingerprint density at radius 3 is 2.64 bits per heavy atom. The number of hydrogen-bond acceptors (Lipinski definition) is 3. The predicted molar refractivity (Wildman–Crippen MR) is 89.8 cm³/mol. The average Bonchev–Trinajstić information content (AvgIpc) is 3.01. The lowest BCUT2D eigenvalue weighted by molar-refractivity contribution is 0.0958. The molecule has 0 saturated heterocycles. The molecule has 0 atom stereocenters. The summed E-state index contributed by atoms with van der Waals surface area (Å²) >= 11 is 1.37. The number of nitrogens with zero attached hydrogens (tertiary/aromatic N) is 1. The number of amides is 1. The third-order valence-corrected chi connectivity index (χ3v) is 4.33. The number of carbonyl (C=O) groups is 1. The first kappa shape index (κ1) is 16.4. The smallest absolute Gasteiger partial charge is 0.266 e. The van der Waals surface area contributed by atoms with Crippen molar-refractivity contribution >= 4 is 23.0 Å². The Morgan fingerprint density at radius 1 is 1.23 bits per heavy atom. The summed E-state index contributed by atoms with van der Waals surface area (Å²) in [5.41, 5.74) is 4.40. The first-order chi connectivity index (χ1) is 10.6. The fourth-order valence-corrected chi connectivity index (χ4v) is 2.82. The van der Waals surface area contributed by atoms with Crippen molar-refractivity contribution in [3.63, 3.8) is 0 Å². The van der Waals surface area contributed by atoms with Crippen LogP contribution in [0, 0.1) is 5.82 Å². The molecule has 1 N–H and O–H groups in total. The molecular weight excluding hydrogens is 299 g/mol. The summed E-state index contributed by atoms with van der Waals surface area (Å²) < 4.78 is 12.9. The normalized spacial score (nSPS) is 11.5. The Balaban J connectivity index is 2.01. The topological polar surface area (TPSA) is 41.5 Å². The van der Waals surface area contributed by atoms with Crippen LogP contribution in [0.1, 0.15) is 42.8 Å². The summed E-state index contributed by atoms with van der Waals surface area (Å²) in [6.07, 6.45) is 3.06. The van der Waals surface area contributed by atoms with E-state index in [2.05, 4.69) is 17.5 Å². The molecule has 1 aromatic heterocycles. The van der Waals surface area contributed by atoms with Crippen LogP contribution in [0.3, 0.4) is 0 Å². The summed E-state index contributed by atoms with van der Waals surface area (Å²) in [7, 11) is 0. The van der Waals surface area contributed by atoms with Crippen molar-refractivity contribution < 1.29 is 9.18 Å². The van der Waals surface area contributed by atoms with Crippen molar-refractivity contribution in [2.24, 2.45) is 5.10 Å². The van der Waals surface area contributed by atoms with Crippen LogP contribution >= 0.6 is 11.3 Å². The lowest BCUT2D eigenvalue weighted by atomic mass is 10.2. The van der Waals surface area contributed by atoms with Crippen LogP contribution in [-0.4, -0.2) is 11.6 Å². The molecule has 1 heterocycles. The number of halogens is 1. The molecule has 1 amide bonds. The average molecular weight is 318 g/mol. The highest BCUT2D eigenvalue weighted by atomic mass is 32.1. The van der Waals surface area contributed by atoms with Crippen LogP contribution in [0.15, 0.2) is 41.5 Å². The van der Waals surface area contributed by atoms with Crippen LogP contribution in [0.2, 0.25) is 0 Å². The molecule has 2 aromatic rings. The van der Waals surface area contributed by atoms with Crippen molar-refractivity contribution in [3.05, 3.63) is 47.1 Å². The molecule has 2 rings (SSSR count). The van der Waals surface area contributed by atoms with Gasteiger partial charge in [-0.3, -0.25) is 4.79 Å². The Bertz CT molecular complexity index is 662. The maximum atomic E-state index is 12.9. The van der Waals surface area contributed by atoms with Gasteiger partial charge in [-0.15, -0.1) is 11.3 Å². The van der Waals surface area contributed by atoms with E-state index in [0.29, 0.717) is 4.88 Å². The van der Waals surface area contributed by atoms with E-state index >= 15 is 0 Å². The number of nitrogens with one attached hydrogen (secondary N) is 1. The Hall–Kier alpha value is -2.01. The number of thiophene rings is 1. The SMILES string of the molecule is CCCC/C(C)=N\NC(=O)c1ccc(-c2ccc(F)cc2)s1. The molecule has 0 saturated carbocycles. The van der Waals surface area contributed by atoms with Gasteiger partial charge in [0.1, 0.15) is 5.82 Å². The van der Waals surface area contributed by atoms with Gasteiger partial charge in [-0.2, -0.15) is 5.10 Å². The third kappa shape index (κ3) is 4.49. The lowest BCUT2D eigenvalue weighted by Gasteiger charge is -2.00. The minimum Gasteiger partial charge on any atom is -0.266 e. The van der Waals surface area contributed by atoms with Gasteiger partial charge in [0.25, 0.3) is 5.91 Å². The van der Waals surface area contributed by atoms with E-state index in [0.717, 1.165) is 35.4 Å². The number of hydrazone groups is 1. The second-order valence-corrected chi connectivity index (χ2v) is 6.15. The van der Waals surface area contributed by atoms with E-state index in [1.54, 1.807) is 18.2 Å². The number of carbonyl (C=O) groups excluding carboxylic acids is 1. The lowest BCUT2D eigenvalue weighted by Crippen LogP contribution is -2.17. The zero-order valence-corrected chi connectivity index (χ0v) is 13.5. The summed E-state index contributed by atoms with van der Waals surface area (Å²) in [6, 6.07) is 9.86. The Labute approximate surface area is 133 Å². The maximum absolute atomic E-state index is 12.9. The quantitative estimate of drug-likeness (QED) is 0.600. The highest BCUT2D eigenvalue weighted by Gasteiger charge is 2.10. The maximum Gasteiger partial charge on any atom is 0.281 e. The van der Waals surface area contributed by atoms with E-state index < -0.39 is 0 Å². The molecular formula is C17H19FN2OS. The molecule has 0 aliphatic carbocycles. The molecule has 5 heteroatoms. The molecule has 0 spiro atoms. The first-order valence-electron chi connectivity index (χ1n) is 7.29. The first-order valence-corrected chi connectivity index (χ1v) is 8.11. The largest absolute Gasteiger partial charge is 0.281 e. The Kier molecular flexibility index (Phi) is 5.83. The summed E-state index contributed by atoms with van der Waals surface area (Å²) in [6.45, 7) is 4.03. The van der Waals surface area contributed by atoms with Crippen molar-refractivity contribution in [1.82, 2.24) is 5.43 Å². The Morgan fingerprint density at radius 2 is 1.95 bits per heavy atom. The van der Waals surface area contributed by atoms with E-state index in [-0.39, 0.29) is 11.7 Å². The zero-order chi connectivity index (χ0) is 15.9. The minimum absolute atomic E-state index is 0.214. The number of hydrogen-bond donors (Lipinski definition) is 1. The van der Waals surface area contributed by atoms with Gasteiger partial charge in [-0.05, 0) is 49.6 Å². The third-order valence-electron chi connectivity index (χ3n) is 3.20. The van der Waals surface area contributed by atoms with Gasteiger partial charge in [0, 0.05) is 10.6 Å². The van der Waals surface area contributed by atoms with Gasteiger partial charge >= 0.3 is 0 Å². The van der Waals surface area contributed by atoms with Gasteiger partial charge in [0.2, 0.25) is 0 Å². The molecule has 0 radical (unpaired) electrons. The van der Waals surface area contributed by atoms with Gasteiger partial charge < -0.3 is 0 Å². The van der Waals surface area contributed by atoms with Crippen LogP contribution < -0.4 is 5.43 Å². The monoisotopic (exact) mass is 318 g/mol. The molecule has 0 fully saturated rings. The second kappa shape index (κ2) is 7.84. The predicted octanol–water partition coefficient (Wildman–Crippen LogP) is 4.85. The van der Waals surface area contributed by atoms with Gasteiger partial charge in [-0.1, -0.05) is 25.5 Å². The summed E-state index contributed by atoms with van der Waals surface area (Å²) in [5.74, 6) is -0.482. The number of benzene rings is 1. The van der Waals surface area contributed by atoms with Gasteiger partial charge in [-0.25, -0.2) is 9.82 Å². The van der Waals surface area contributed by atoms with Crippen LogP contribution in [0.4, 0.5) is 4.39 Å². The molecule has 1 aromatic carbocycles. The fraction of sp³-hybridized carbons (Fsp3) is 0.294. The molecule has 0 bridgehead atoms. The molecule has 116 valence electrons. The van der Waals surface area contributed by atoms with E-state index in [1.165, 1.54) is 23.5 Å². The van der Waals surface area contributed by atoms with Crippen LogP contribution in [-0.2, 0) is 0 Å². The van der Waals surface area contributed by atoms with E-state index in [4.69, 9.17) is 0 Å². The summed E-state index contributed by atoms with van der Waals surface area (Å²) in [5, 5.41) is 4.11. The fourth-order valence-electron chi connectivity index (χ4n) is 1.92. The molecule has 3 nitrogen and oxygen atoms in total. The van der Waals surface area contributed by atoms with Crippen LogP contribution in [0.5, 0.6) is 0 Å². The summed E-state index contributed by atoms with van der Waals surface area (Å²) in [4.78, 5) is 13.6. The number of rotatable bonds is 6. The van der Waals surface area contributed by atoms with Crippen molar-refractivity contribution in [1.29, 1.82) is 0 Å². The molecule has 22 heavy (non-hydrogen) atoms. The van der Waals surface area contributed by atoms with Crippen molar-refractivity contribution in [3.8, 4) is 10.4 Å². The minimum atomic E-state index is -0.268. The van der Waals surface area contributed by atoms with Gasteiger partial charge in [0.05, 0.1) is 4.88 Å². The van der Waals surface area contributed by atoms with Crippen molar-refractivity contribution in [2.75, 3.05) is 0 Å². The van der Waals surface area contributed by atoms with E-state index in [9.17, 15) is 9.18 Å². The highest BCUT2D eigenvalue weighted by Crippen LogP contribution is 2.28. The number of unbranched alkanes of at least 4 members (excludes halogenated alkanes) is 1. The molecule has 0 aliphatic rings. The molecule has 0 unspecified atom stereocenters. The van der Waals surface area contributed by atoms with Crippen LogP contribution in [0.25, 0.3) is 10.4 Å². The van der Waals surface area contributed by atoms with Gasteiger partial charge in [0.15, 0.2) is 0 Å². The zero-order valence-electron chi connectivity index (χ0n) is 12.7. The van der Waals surface area contributed by atoms with Crippen molar-refractivity contribution in [2.45, 2.75) is 33.1 Å². The van der Waals surface area contributed by atoms with E-state index in [1.807, 2.05) is 13.0 Å².